The summed E-state index contributed by atoms with van der Waals surface area (Å²) in [5, 5.41) is 25.0. The van der Waals surface area contributed by atoms with E-state index in [1.165, 1.54) is 34.0 Å². The highest BCUT2D eigenvalue weighted by Gasteiger charge is 2.57. The summed E-state index contributed by atoms with van der Waals surface area (Å²) >= 11 is 6.51. The fourth-order valence-electron chi connectivity index (χ4n) is 6.61. The summed E-state index contributed by atoms with van der Waals surface area (Å²) in [5.74, 6) is -0.00822. The molecule has 3 fully saturated rings. The number of aliphatic hydroxyl groups is 1. The third-order valence-electron chi connectivity index (χ3n) is 9.13. The number of aliphatic hydroxyl groups excluding tert-OH is 1. The molecule has 0 radical (unpaired) electrons. The van der Waals surface area contributed by atoms with Crippen molar-refractivity contribution in [3.05, 3.63) is 59.3 Å². The van der Waals surface area contributed by atoms with Gasteiger partial charge in [-0.25, -0.2) is 19.6 Å². The van der Waals surface area contributed by atoms with Gasteiger partial charge in [-0.05, 0) is 39.0 Å². The van der Waals surface area contributed by atoms with E-state index in [0.29, 0.717) is 18.8 Å². The van der Waals surface area contributed by atoms with Gasteiger partial charge in [-0.3, -0.25) is 14.3 Å². The van der Waals surface area contributed by atoms with Crippen molar-refractivity contribution in [2.24, 2.45) is 11.8 Å². The van der Waals surface area contributed by atoms with Crippen molar-refractivity contribution in [2.75, 3.05) is 31.5 Å². The molecule has 1 aromatic carbocycles. The van der Waals surface area contributed by atoms with Gasteiger partial charge >= 0.3 is 18.3 Å². The molecule has 3 aliphatic rings. The molecule has 19 heteroatoms. The van der Waals surface area contributed by atoms with Crippen LogP contribution in [0.4, 0.5) is 34.3 Å². The summed E-state index contributed by atoms with van der Waals surface area (Å²) < 4.78 is 47.2. The van der Waals surface area contributed by atoms with Crippen LogP contribution in [0.3, 0.4) is 0 Å². The smallest absolute Gasteiger partial charge is 0.433 e. The van der Waals surface area contributed by atoms with Crippen LogP contribution in [0.1, 0.15) is 36.8 Å². The monoisotopic (exact) mass is 730 g/mol. The topological polar surface area (TPSA) is 182 Å². The number of amides is 4. The largest absolute Gasteiger partial charge is 0.444 e. The van der Waals surface area contributed by atoms with Gasteiger partial charge in [0, 0.05) is 55.6 Å². The molecule has 1 unspecified atom stereocenters. The lowest BCUT2D eigenvalue weighted by Crippen LogP contribution is -2.50. The Morgan fingerprint density at radius 2 is 1.76 bits per heavy atom. The van der Waals surface area contributed by atoms with E-state index >= 15 is 0 Å². The number of hydrogen-bond donors (Lipinski definition) is 5. The molecule has 270 valence electrons. The second-order valence-electron chi connectivity index (χ2n) is 13.8. The maximum Gasteiger partial charge on any atom is 0.433 e. The van der Waals surface area contributed by atoms with Crippen LogP contribution in [0.25, 0.3) is 16.9 Å². The molecule has 7 rings (SSSR count). The van der Waals surface area contributed by atoms with Crippen molar-refractivity contribution < 1.29 is 37.4 Å². The molecule has 0 spiro atoms. The van der Waals surface area contributed by atoms with Gasteiger partial charge in [0.15, 0.2) is 11.5 Å². The average molecular weight is 731 g/mol. The number of anilines is 2. The molecule has 2 aliphatic heterocycles. The Labute approximate surface area is 293 Å². The molecule has 15 nitrogen and oxygen atoms in total. The molecule has 5 N–H and O–H groups in total. The molecule has 2 saturated heterocycles. The van der Waals surface area contributed by atoms with Crippen molar-refractivity contribution in [2.45, 2.75) is 50.7 Å². The number of rotatable bonds is 6. The Morgan fingerprint density at radius 1 is 1.02 bits per heavy atom. The number of carbonyl (C=O) groups is 3. The Balaban J connectivity index is 0.929. The van der Waals surface area contributed by atoms with Crippen LogP contribution in [0.15, 0.2) is 43.0 Å². The van der Waals surface area contributed by atoms with Gasteiger partial charge in [0.25, 0.3) is 5.91 Å². The third-order valence-corrected chi connectivity index (χ3v) is 9.44. The molecule has 5 atom stereocenters. The Hall–Kier alpha value is -5.10. The summed E-state index contributed by atoms with van der Waals surface area (Å²) in [7, 11) is 0. The van der Waals surface area contributed by atoms with E-state index < -0.39 is 35.7 Å². The fourth-order valence-corrected chi connectivity index (χ4v) is 6.87. The minimum Gasteiger partial charge on any atom is -0.444 e. The lowest BCUT2D eigenvalue weighted by atomic mass is 10.2. The number of β-amino-alcohol motifs (C(OH)–C–C–N with tert-alkyl or cyclic N) is 1. The second-order valence-corrected chi connectivity index (χ2v) is 14.2. The van der Waals surface area contributed by atoms with Crippen molar-refractivity contribution in [3.63, 3.8) is 0 Å². The van der Waals surface area contributed by atoms with Gasteiger partial charge in [-0.15, -0.1) is 0 Å². The van der Waals surface area contributed by atoms with E-state index in [-0.39, 0.29) is 76.2 Å². The average Bonchev–Trinajstić information content (AvgIpc) is 3.65. The van der Waals surface area contributed by atoms with Crippen LogP contribution >= 0.6 is 11.6 Å². The number of aromatic nitrogens is 5. The Bertz CT molecular complexity index is 2000. The minimum atomic E-state index is -4.64. The van der Waals surface area contributed by atoms with Gasteiger partial charge in [0.2, 0.25) is 0 Å². The van der Waals surface area contributed by atoms with Crippen molar-refractivity contribution in [3.8, 4) is 11.3 Å². The number of likely N-dealkylation sites (tertiary alicyclic amines) is 2. The molecule has 5 heterocycles. The number of urea groups is 1. The van der Waals surface area contributed by atoms with E-state index in [9.17, 15) is 32.7 Å². The molecule has 0 bridgehead atoms. The van der Waals surface area contributed by atoms with Gasteiger partial charge in [-0.2, -0.15) is 18.3 Å². The second kappa shape index (κ2) is 12.6. The zero-order chi connectivity index (χ0) is 36.4. The van der Waals surface area contributed by atoms with Gasteiger partial charge in [0.1, 0.15) is 11.3 Å². The van der Waals surface area contributed by atoms with Crippen molar-refractivity contribution in [1.82, 2.24) is 45.0 Å². The Morgan fingerprint density at radius 3 is 2.45 bits per heavy atom. The summed E-state index contributed by atoms with van der Waals surface area (Å²) in [5.41, 5.74) is -0.728. The lowest BCUT2D eigenvalue weighted by Gasteiger charge is -2.25. The first-order valence-electron chi connectivity index (χ1n) is 16.1. The number of imidazole rings is 1. The maximum absolute atomic E-state index is 13.5. The number of alkyl halides is 3. The van der Waals surface area contributed by atoms with E-state index in [4.69, 9.17) is 16.3 Å². The molecular weight excluding hydrogens is 697 g/mol. The molecule has 51 heavy (non-hydrogen) atoms. The lowest BCUT2D eigenvalue weighted by molar-refractivity contribution is -0.140. The van der Waals surface area contributed by atoms with Crippen LogP contribution in [-0.4, -0.2) is 107 Å². The first-order chi connectivity index (χ1) is 24.1. The standard InChI is InChI=1S/C32H34ClF3N10O5/c1-31(2,3)51-30(50)45-13-21(23(47)14-45)41-29(49)44-11-18-19(12-44)24(18)42-28(48)16-5-4-15(8-20(16)33)40-26-27-38-10-22(46(27)7-6-37-26)17-9-39-43-25(17)32(34,35)36/h4-10,18-19,21,23-24,47H,11-14H2,1-3H3,(H,37,40)(H,39,43)(H,41,49)(H,42,48)/t18-,19+,21-,23-,24?/m1/s1. The quantitative estimate of drug-likeness (QED) is 0.197. The van der Waals surface area contributed by atoms with Crippen LogP contribution in [0.5, 0.6) is 0 Å². The van der Waals surface area contributed by atoms with Crippen LogP contribution in [0.2, 0.25) is 5.02 Å². The van der Waals surface area contributed by atoms with Gasteiger partial charge < -0.3 is 35.6 Å². The Kier molecular flexibility index (Phi) is 8.48. The normalized spacial score (nSPS) is 22.9. The van der Waals surface area contributed by atoms with Crippen LogP contribution in [-0.2, 0) is 10.9 Å². The van der Waals surface area contributed by atoms with E-state index in [2.05, 4.69) is 31.0 Å². The molecular formula is C32H34ClF3N10O5. The van der Waals surface area contributed by atoms with E-state index in [0.717, 1.165) is 6.20 Å². The molecule has 1 saturated carbocycles. The number of piperidine rings is 1. The highest BCUT2D eigenvalue weighted by atomic mass is 35.5. The maximum atomic E-state index is 13.5. The SMILES string of the molecule is CC(C)(C)OC(=O)N1C[C@@H](O)[C@H](NC(=O)N2C[C@@H]3C(NC(=O)c4ccc(Nc5nccn6c(-c7cn[nH]c7C(F)(F)F)cnc56)cc4Cl)[C@@H]3C2)C1. The number of carbonyl (C=O) groups excluding carboxylic acids is 3. The fraction of sp³-hybridized carbons (Fsp3) is 0.438. The molecule has 1 aliphatic carbocycles. The number of ether oxygens (including phenoxy) is 1. The summed E-state index contributed by atoms with van der Waals surface area (Å²) in [6.45, 7) is 6.28. The predicted octanol–water partition coefficient (Wildman–Crippen LogP) is 3.89. The van der Waals surface area contributed by atoms with Crippen molar-refractivity contribution in [1.29, 1.82) is 0 Å². The summed E-state index contributed by atoms with van der Waals surface area (Å²) in [6.07, 6.45) is -0.851. The third kappa shape index (κ3) is 6.84. The number of nitrogens with one attached hydrogen (secondary N) is 4. The molecule has 3 aromatic heterocycles. The minimum absolute atomic E-state index is 0.0545. The summed E-state index contributed by atoms with van der Waals surface area (Å²) in [4.78, 5) is 50.1. The van der Waals surface area contributed by atoms with E-state index in [1.807, 2.05) is 5.10 Å². The number of fused-ring (bicyclic) bond motifs is 2. The summed E-state index contributed by atoms with van der Waals surface area (Å²) in [6, 6.07) is 3.58. The predicted molar refractivity (Wildman–Crippen MR) is 176 cm³/mol. The van der Waals surface area contributed by atoms with E-state index in [1.54, 1.807) is 37.8 Å². The number of H-pyrrole nitrogens is 1. The van der Waals surface area contributed by atoms with Crippen LogP contribution < -0.4 is 16.0 Å². The van der Waals surface area contributed by atoms with Gasteiger partial charge in [0.05, 0.1) is 52.9 Å². The molecule has 4 amide bonds. The number of aromatic amines is 1. The number of hydrogen-bond acceptors (Lipinski definition) is 9. The highest BCUT2D eigenvalue weighted by Crippen LogP contribution is 2.46. The zero-order valence-electron chi connectivity index (χ0n) is 27.5. The van der Waals surface area contributed by atoms with Gasteiger partial charge in [-0.1, -0.05) is 11.6 Å². The molecule has 4 aromatic rings. The first-order valence-corrected chi connectivity index (χ1v) is 16.5. The highest BCUT2D eigenvalue weighted by molar-refractivity contribution is 6.34. The number of nitrogens with zero attached hydrogens (tertiary/aromatic N) is 6. The zero-order valence-corrected chi connectivity index (χ0v) is 28.3. The number of benzene rings is 1. The van der Waals surface area contributed by atoms with Crippen LogP contribution in [0, 0.1) is 11.8 Å². The van der Waals surface area contributed by atoms with Crippen molar-refractivity contribution >= 4 is 46.8 Å². The number of halogens is 4. The first kappa shape index (κ1) is 34.4.